The van der Waals surface area contributed by atoms with E-state index in [1.165, 1.54) is 0 Å². The quantitative estimate of drug-likeness (QED) is 0.805. The number of hydrogen-bond acceptors (Lipinski definition) is 2. The molecule has 0 aromatic carbocycles. The van der Waals surface area contributed by atoms with Crippen molar-refractivity contribution in [2.24, 2.45) is 5.73 Å². The summed E-state index contributed by atoms with van der Waals surface area (Å²) >= 11 is 0. The van der Waals surface area contributed by atoms with E-state index in [1.54, 1.807) is 0 Å². The third-order valence-electron chi connectivity index (χ3n) is 1.73. The molecule has 0 aliphatic carbocycles. The van der Waals surface area contributed by atoms with Crippen LogP contribution in [0, 0.1) is 0 Å². The van der Waals surface area contributed by atoms with Gasteiger partial charge >= 0.3 is 6.18 Å². The minimum absolute atomic E-state index is 0.552. The molecule has 1 heterocycles. The van der Waals surface area contributed by atoms with Crippen molar-refractivity contribution in [2.75, 3.05) is 0 Å². The number of nitrogens with zero attached hydrogens (tertiary/aromatic N) is 1. The SMILES string of the molecule is NC(=O)c1c(C(F)F)ccnc1C(F)(F)F. The summed E-state index contributed by atoms with van der Waals surface area (Å²) in [6.07, 6.45) is -7.68. The number of rotatable bonds is 2. The Morgan fingerprint density at radius 2 is 1.94 bits per heavy atom. The lowest BCUT2D eigenvalue weighted by Gasteiger charge is -2.12. The number of primary amides is 1. The lowest BCUT2D eigenvalue weighted by atomic mass is 10.1. The molecule has 88 valence electrons. The molecule has 0 fully saturated rings. The Morgan fingerprint density at radius 3 is 2.31 bits per heavy atom. The number of nitrogens with two attached hydrogens (primary N) is 1. The van der Waals surface area contributed by atoms with Crippen molar-refractivity contribution in [1.82, 2.24) is 4.98 Å². The number of halogens is 5. The van der Waals surface area contributed by atoms with Gasteiger partial charge in [0.15, 0.2) is 5.69 Å². The lowest BCUT2D eigenvalue weighted by Crippen LogP contribution is -2.22. The van der Waals surface area contributed by atoms with Crippen molar-refractivity contribution in [3.8, 4) is 0 Å². The molecule has 8 heteroatoms. The molecule has 3 nitrogen and oxygen atoms in total. The largest absolute Gasteiger partial charge is 0.434 e. The van der Waals surface area contributed by atoms with Crippen LogP contribution in [0.3, 0.4) is 0 Å². The third-order valence-corrected chi connectivity index (χ3v) is 1.73. The Bertz CT molecular complexity index is 415. The molecule has 0 atom stereocenters. The summed E-state index contributed by atoms with van der Waals surface area (Å²) in [7, 11) is 0. The summed E-state index contributed by atoms with van der Waals surface area (Å²) < 4.78 is 61.7. The van der Waals surface area contributed by atoms with Crippen molar-refractivity contribution in [2.45, 2.75) is 12.6 Å². The smallest absolute Gasteiger partial charge is 0.366 e. The molecular formula is C8H5F5N2O. The van der Waals surface area contributed by atoms with Crippen LogP contribution in [0.15, 0.2) is 12.3 Å². The molecule has 0 aliphatic heterocycles. The van der Waals surface area contributed by atoms with Gasteiger partial charge in [0.25, 0.3) is 12.3 Å². The van der Waals surface area contributed by atoms with Crippen LogP contribution in [0.1, 0.15) is 28.0 Å². The molecule has 0 unspecified atom stereocenters. The van der Waals surface area contributed by atoms with Crippen LogP contribution in [-0.4, -0.2) is 10.9 Å². The third kappa shape index (κ3) is 2.26. The maximum Gasteiger partial charge on any atom is 0.434 e. The van der Waals surface area contributed by atoms with Gasteiger partial charge in [0.1, 0.15) is 0 Å². The number of pyridine rings is 1. The highest BCUT2D eigenvalue weighted by Gasteiger charge is 2.38. The van der Waals surface area contributed by atoms with E-state index < -0.39 is 35.3 Å². The Morgan fingerprint density at radius 1 is 1.38 bits per heavy atom. The van der Waals surface area contributed by atoms with Crippen molar-refractivity contribution >= 4 is 5.91 Å². The van der Waals surface area contributed by atoms with Crippen LogP contribution in [0.2, 0.25) is 0 Å². The first kappa shape index (κ1) is 12.3. The highest BCUT2D eigenvalue weighted by molar-refractivity contribution is 5.95. The van der Waals surface area contributed by atoms with Crippen LogP contribution in [0.25, 0.3) is 0 Å². The van der Waals surface area contributed by atoms with Crippen LogP contribution >= 0.6 is 0 Å². The first-order valence-corrected chi connectivity index (χ1v) is 3.89. The van der Waals surface area contributed by atoms with Gasteiger partial charge in [0.2, 0.25) is 0 Å². The molecule has 0 saturated carbocycles. The minimum Gasteiger partial charge on any atom is -0.366 e. The van der Waals surface area contributed by atoms with Gasteiger partial charge in [-0.2, -0.15) is 13.2 Å². The van der Waals surface area contributed by atoms with E-state index in [0.29, 0.717) is 12.3 Å². The van der Waals surface area contributed by atoms with E-state index >= 15 is 0 Å². The van der Waals surface area contributed by atoms with E-state index in [0.717, 1.165) is 0 Å². The molecule has 0 radical (unpaired) electrons. The van der Waals surface area contributed by atoms with Crippen molar-refractivity contribution in [3.05, 3.63) is 29.1 Å². The summed E-state index contributed by atoms with van der Waals surface area (Å²) in [6.45, 7) is 0. The monoisotopic (exact) mass is 240 g/mol. The average molecular weight is 240 g/mol. The van der Waals surface area contributed by atoms with E-state index in [2.05, 4.69) is 10.7 Å². The van der Waals surface area contributed by atoms with Gasteiger partial charge in [-0.3, -0.25) is 9.78 Å². The first-order chi connectivity index (χ1) is 7.25. The van der Waals surface area contributed by atoms with E-state index in [9.17, 15) is 26.7 Å². The van der Waals surface area contributed by atoms with Crippen LogP contribution in [-0.2, 0) is 6.18 Å². The summed E-state index contributed by atoms with van der Waals surface area (Å²) in [5, 5.41) is 0. The molecule has 0 bridgehead atoms. The number of alkyl halides is 5. The molecule has 16 heavy (non-hydrogen) atoms. The van der Waals surface area contributed by atoms with Crippen LogP contribution < -0.4 is 5.73 Å². The second-order valence-corrected chi connectivity index (χ2v) is 2.79. The summed E-state index contributed by atoms with van der Waals surface area (Å²) in [4.78, 5) is 13.6. The fraction of sp³-hybridized carbons (Fsp3) is 0.250. The fourth-order valence-electron chi connectivity index (χ4n) is 1.13. The summed E-state index contributed by atoms with van der Waals surface area (Å²) in [5.41, 5.74) is 0.580. The van der Waals surface area contributed by atoms with Gasteiger partial charge < -0.3 is 5.73 Å². The van der Waals surface area contributed by atoms with Crippen LogP contribution in [0.5, 0.6) is 0 Å². The normalized spacial score (nSPS) is 11.9. The van der Waals surface area contributed by atoms with Gasteiger partial charge in [-0.25, -0.2) is 8.78 Å². The highest BCUT2D eigenvalue weighted by Crippen LogP contribution is 2.34. The minimum atomic E-state index is -5.00. The molecule has 0 saturated heterocycles. The molecule has 1 aromatic rings. The number of carbonyl (C=O) groups is 1. The van der Waals surface area contributed by atoms with Crippen LogP contribution in [0.4, 0.5) is 22.0 Å². The second-order valence-electron chi connectivity index (χ2n) is 2.79. The zero-order valence-corrected chi connectivity index (χ0v) is 7.55. The Kier molecular flexibility index (Phi) is 3.11. The van der Waals surface area contributed by atoms with Gasteiger partial charge in [-0.05, 0) is 6.07 Å². The highest BCUT2D eigenvalue weighted by atomic mass is 19.4. The predicted octanol–water partition coefficient (Wildman–Crippen LogP) is 2.14. The molecule has 0 spiro atoms. The molecule has 2 N–H and O–H groups in total. The van der Waals surface area contributed by atoms with Crippen molar-refractivity contribution in [1.29, 1.82) is 0 Å². The van der Waals surface area contributed by atoms with Gasteiger partial charge in [-0.1, -0.05) is 0 Å². The van der Waals surface area contributed by atoms with Gasteiger partial charge in [0.05, 0.1) is 5.56 Å². The fourth-order valence-corrected chi connectivity index (χ4v) is 1.13. The maximum absolute atomic E-state index is 12.4. The average Bonchev–Trinajstić information content (AvgIpc) is 2.14. The second kappa shape index (κ2) is 4.03. The van der Waals surface area contributed by atoms with Crippen molar-refractivity contribution < 1.29 is 26.7 Å². The van der Waals surface area contributed by atoms with Gasteiger partial charge in [-0.15, -0.1) is 0 Å². The number of hydrogen-bond donors (Lipinski definition) is 1. The molecule has 1 rings (SSSR count). The zero-order valence-electron chi connectivity index (χ0n) is 7.55. The Balaban J connectivity index is 3.52. The van der Waals surface area contributed by atoms with E-state index in [-0.39, 0.29) is 0 Å². The first-order valence-electron chi connectivity index (χ1n) is 3.89. The Labute approximate surface area is 86.1 Å². The summed E-state index contributed by atoms with van der Waals surface area (Å²) in [5.74, 6) is -1.59. The van der Waals surface area contributed by atoms with Gasteiger partial charge in [0, 0.05) is 11.8 Å². The number of amides is 1. The van der Waals surface area contributed by atoms with Crippen molar-refractivity contribution in [3.63, 3.8) is 0 Å². The maximum atomic E-state index is 12.4. The summed E-state index contributed by atoms with van der Waals surface area (Å²) in [6, 6.07) is 0.625. The lowest BCUT2D eigenvalue weighted by molar-refractivity contribution is -0.141. The molecule has 1 aromatic heterocycles. The molecular weight excluding hydrogens is 235 g/mol. The Hall–Kier alpha value is -1.73. The number of aromatic nitrogens is 1. The van der Waals surface area contributed by atoms with E-state index in [1.807, 2.05) is 0 Å². The topological polar surface area (TPSA) is 56.0 Å². The molecule has 0 aliphatic rings. The van der Waals surface area contributed by atoms with E-state index in [4.69, 9.17) is 0 Å². The predicted molar refractivity (Wildman–Crippen MR) is 42.7 cm³/mol. The molecule has 1 amide bonds. The zero-order chi connectivity index (χ0) is 12.5. The standard InChI is InChI=1S/C8H5F5N2O/c9-6(10)3-1-2-15-5(8(11,12)13)4(3)7(14)16/h1-2,6H,(H2,14,16). The number of carbonyl (C=O) groups excluding carboxylic acids is 1.